The first kappa shape index (κ1) is 21.8. The molecule has 0 bridgehead atoms. The third kappa shape index (κ3) is 6.31. The summed E-state index contributed by atoms with van der Waals surface area (Å²) in [6.45, 7) is 4.33. The van der Waals surface area contributed by atoms with E-state index in [2.05, 4.69) is 5.32 Å². The Kier molecular flexibility index (Phi) is 7.60. The zero-order valence-electron chi connectivity index (χ0n) is 17.6. The standard InChI is InChI=1S/C26H25NO4/c1-3-30-23-12-8-7-11-22(23)27-26(29)25(21-9-5-4-6-10-21)31-24(28)18-17-20-15-13-19(2)14-16-20/h4-18,25H,3H2,1-2H3,(H,27,29)/b18-17+/t25-/m1/s1. The molecule has 0 aliphatic heterocycles. The lowest BCUT2D eigenvalue weighted by atomic mass is 10.1. The molecule has 0 heterocycles. The van der Waals surface area contributed by atoms with Crippen LogP contribution < -0.4 is 10.1 Å². The summed E-state index contributed by atoms with van der Waals surface area (Å²) in [4.78, 5) is 25.5. The van der Waals surface area contributed by atoms with Crippen LogP contribution in [0.4, 0.5) is 5.69 Å². The van der Waals surface area contributed by atoms with Gasteiger partial charge in [-0.25, -0.2) is 4.79 Å². The van der Waals surface area contributed by atoms with Gasteiger partial charge in [-0.15, -0.1) is 0 Å². The van der Waals surface area contributed by atoms with Gasteiger partial charge in [-0.05, 0) is 37.6 Å². The Bertz CT molecular complexity index is 1040. The summed E-state index contributed by atoms with van der Waals surface area (Å²) >= 11 is 0. The van der Waals surface area contributed by atoms with Crippen LogP contribution >= 0.6 is 0 Å². The Balaban J connectivity index is 1.78. The van der Waals surface area contributed by atoms with Gasteiger partial charge in [0.05, 0.1) is 12.3 Å². The monoisotopic (exact) mass is 415 g/mol. The van der Waals surface area contributed by atoms with Crippen LogP contribution in [0.15, 0.2) is 84.9 Å². The Hall–Kier alpha value is -3.86. The zero-order valence-corrected chi connectivity index (χ0v) is 17.6. The number of ether oxygens (including phenoxy) is 2. The fraction of sp³-hybridized carbons (Fsp3) is 0.154. The Morgan fingerprint density at radius 2 is 1.61 bits per heavy atom. The first-order chi connectivity index (χ1) is 15.1. The van der Waals surface area contributed by atoms with E-state index >= 15 is 0 Å². The minimum atomic E-state index is -1.11. The molecule has 5 heteroatoms. The van der Waals surface area contributed by atoms with Crippen LogP contribution in [0.5, 0.6) is 5.75 Å². The maximum atomic E-state index is 13.0. The summed E-state index contributed by atoms with van der Waals surface area (Å²) in [5.41, 5.74) is 3.09. The number of amides is 1. The van der Waals surface area contributed by atoms with Crippen LogP contribution in [-0.4, -0.2) is 18.5 Å². The van der Waals surface area contributed by atoms with Gasteiger partial charge in [-0.3, -0.25) is 4.79 Å². The van der Waals surface area contributed by atoms with E-state index in [1.807, 2.05) is 50.2 Å². The van der Waals surface area contributed by atoms with Crippen LogP contribution in [0.3, 0.4) is 0 Å². The second kappa shape index (κ2) is 10.8. The van der Waals surface area contributed by atoms with Crippen molar-refractivity contribution in [1.29, 1.82) is 0 Å². The lowest BCUT2D eigenvalue weighted by molar-refractivity contribution is -0.149. The number of rotatable bonds is 8. The molecule has 1 N–H and O–H groups in total. The number of hydrogen-bond acceptors (Lipinski definition) is 4. The molecule has 0 aliphatic carbocycles. The second-order valence-electron chi connectivity index (χ2n) is 6.89. The normalized spacial score (nSPS) is 11.7. The summed E-state index contributed by atoms with van der Waals surface area (Å²) in [6, 6.07) is 23.8. The number of anilines is 1. The van der Waals surface area contributed by atoms with Crippen molar-refractivity contribution in [1.82, 2.24) is 0 Å². The number of nitrogens with one attached hydrogen (secondary N) is 1. The molecule has 3 rings (SSSR count). The number of hydrogen-bond donors (Lipinski definition) is 1. The summed E-state index contributed by atoms with van der Waals surface area (Å²) in [5.74, 6) is -0.520. The molecule has 1 atom stereocenters. The van der Waals surface area contributed by atoms with Gasteiger partial charge in [0.25, 0.3) is 5.91 Å². The van der Waals surface area contributed by atoms with E-state index in [1.165, 1.54) is 6.08 Å². The van der Waals surface area contributed by atoms with Crippen molar-refractivity contribution in [3.05, 3.63) is 102 Å². The van der Waals surface area contributed by atoms with Crippen LogP contribution in [-0.2, 0) is 14.3 Å². The second-order valence-corrected chi connectivity index (χ2v) is 6.89. The van der Waals surface area contributed by atoms with Gasteiger partial charge in [-0.2, -0.15) is 0 Å². The van der Waals surface area contributed by atoms with Crippen LogP contribution in [0.25, 0.3) is 6.08 Å². The van der Waals surface area contributed by atoms with Crippen molar-refractivity contribution in [2.45, 2.75) is 20.0 Å². The van der Waals surface area contributed by atoms with E-state index in [0.29, 0.717) is 23.6 Å². The fourth-order valence-corrected chi connectivity index (χ4v) is 2.95. The molecule has 3 aromatic rings. The third-order valence-corrected chi connectivity index (χ3v) is 4.51. The first-order valence-electron chi connectivity index (χ1n) is 10.1. The molecule has 3 aromatic carbocycles. The number of para-hydroxylation sites is 2. The van der Waals surface area contributed by atoms with Gasteiger partial charge < -0.3 is 14.8 Å². The van der Waals surface area contributed by atoms with Gasteiger partial charge in [0.1, 0.15) is 5.75 Å². The van der Waals surface area contributed by atoms with E-state index in [-0.39, 0.29) is 0 Å². The third-order valence-electron chi connectivity index (χ3n) is 4.51. The van der Waals surface area contributed by atoms with Crippen molar-refractivity contribution < 1.29 is 19.1 Å². The molecular weight excluding hydrogens is 390 g/mol. The van der Waals surface area contributed by atoms with E-state index in [0.717, 1.165) is 11.1 Å². The zero-order chi connectivity index (χ0) is 22.1. The predicted octanol–water partition coefficient (Wildman–Crippen LogP) is 5.33. The van der Waals surface area contributed by atoms with E-state index < -0.39 is 18.0 Å². The van der Waals surface area contributed by atoms with Gasteiger partial charge in [0.15, 0.2) is 0 Å². The Morgan fingerprint density at radius 1 is 0.935 bits per heavy atom. The molecule has 0 saturated heterocycles. The highest BCUT2D eigenvalue weighted by Crippen LogP contribution is 2.26. The summed E-state index contributed by atoms with van der Waals surface area (Å²) in [6.07, 6.45) is 1.87. The molecule has 1 amide bonds. The van der Waals surface area contributed by atoms with E-state index in [9.17, 15) is 9.59 Å². The van der Waals surface area contributed by atoms with E-state index in [4.69, 9.17) is 9.47 Å². The summed E-state index contributed by atoms with van der Waals surface area (Å²) in [5, 5.41) is 2.81. The van der Waals surface area contributed by atoms with E-state index in [1.54, 1.807) is 48.5 Å². The Morgan fingerprint density at radius 3 is 2.32 bits per heavy atom. The van der Waals surface area contributed by atoms with Gasteiger partial charge in [-0.1, -0.05) is 72.3 Å². The highest BCUT2D eigenvalue weighted by Gasteiger charge is 2.25. The summed E-state index contributed by atoms with van der Waals surface area (Å²) < 4.78 is 11.1. The molecule has 0 radical (unpaired) electrons. The van der Waals surface area contributed by atoms with Crippen LogP contribution in [0, 0.1) is 6.92 Å². The smallest absolute Gasteiger partial charge is 0.331 e. The van der Waals surface area contributed by atoms with Crippen LogP contribution in [0.1, 0.15) is 29.7 Å². The maximum Gasteiger partial charge on any atom is 0.331 e. The van der Waals surface area contributed by atoms with Gasteiger partial charge >= 0.3 is 5.97 Å². The molecule has 5 nitrogen and oxygen atoms in total. The lowest BCUT2D eigenvalue weighted by Crippen LogP contribution is -2.25. The lowest BCUT2D eigenvalue weighted by Gasteiger charge is -2.18. The molecule has 158 valence electrons. The topological polar surface area (TPSA) is 64.6 Å². The number of esters is 1. The number of benzene rings is 3. The molecule has 0 unspecified atom stereocenters. The van der Waals surface area contributed by atoms with Gasteiger partial charge in [0.2, 0.25) is 6.10 Å². The molecule has 0 saturated carbocycles. The predicted molar refractivity (Wildman–Crippen MR) is 122 cm³/mol. The SMILES string of the molecule is CCOc1ccccc1NC(=O)[C@H](OC(=O)/C=C/c1ccc(C)cc1)c1ccccc1. The molecule has 0 aromatic heterocycles. The molecule has 0 fully saturated rings. The average Bonchev–Trinajstić information content (AvgIpc) is 2.79. The van der Waals surface area contributed by atoms with Crippen molar-refractivity contribution >= 4 is 23.6 Å². The van der Waals surface area contributed by atoms with Gasteiger partial charge in [0, 0.05) is 11.6 Å². The summed E-state index contributed by atoms with van der Waals surface area (Å²) in [7, 11) is 0. The van der Waals surface area contributed by atoms with Crippen molar-refractivity contribution in [3.63, 3.8) is 0 Å². The average molecular weight is 415 g/mol. The largest absolute Gasteiger partial charge is 0.492 e. The highest BCUT2D eigenvalue weighted by atomic mass is 16.5. The van der Waals surface area contributed by atoms with Crippen molar-refractivity contribution in [3.8, 4) is 5.75 Å². The van der Waals surface area contributed by atoms with Crippen molar-refractivity contribution in [2.75, 3.05) is 11.9 Å². The van der Waals surface area contributed by atoms with Crippen molar-refractivity contribution in [2.24, 2.45) is 0 Å². The Labute approximate surface area is 182 Å². The molecule has 0 aliphatic rings. The maximum absolute atomic E-state index is 13.0. The molecular formula is C26H25NO4. The number of aryl methyl sites for hydroxylation is 1. The quantitative estimate of drug-likeness (QED) is 0.399. The van der Waals surface area contributed by atoms with Crippen LogP contribution in [0.2, 0.25) is 0 Å². The molecule has 0 spiro atoms. The first-order valence-corrected chi connectivity index (χ1v) is 10.1. The highest BCUT2D eigenvalue weighted by molar-refractivity contribution is 5.98. The molecule has 31 heavy (non-hydrogen) atoms. The number of carbonyl (C=O) groups excluding carboxylic acids is 2. The minimum absolute atomic E-state index is 0.463. The number of carbonyl (C=O) groups is 2. The fourth-order valence-electron chi connectivity index (χ4n) is 2.95. The minimum Gasteiger partial charge on any atom is -0.492 e.